The Bertz CT molecular complexity index is 649. The molecule has 0 aromatic carbocycles. The van der Waals surface area contributed by atoms with Crippen LogP contribution < -0.4 is 0 Å². The molecule has 3 nitrogen and oxygen atoms in total. The molecular weight excluding hydrogens is 440 g/mol. The average molecular weight is 497 g/mol. The molecule has 3 unspecified atom stereocenters. The van der Waals surface area contributed by atoms with Crippen LogP contribution in [0.25, 0.3) is 0 Å². The minimum Gasteiger partial charge on any atom is -0.414 e. The Labute approximate surface area is 208 Å². The number of hydrogen-bond acceptors (Lipinski definition) is 3. The smallest absolute Gasteiger partial charge is 0.192 e. The van der Waals surface area contributed by atoms with E-state index in [1.807, 2.05) is 0 Å². The highest BCUT2D eigenvalue weighted by atomic mass is 28.4. The summed E-state index contributed by atoms with van der Waals surface area (Å²) < 4.78 is 13.6. The summed E-state index contributed by atoms with van der Waals surface area (Å²) in [5, 5.41) is 9.80. The third-order valence-corrected chi connectivity index (χ3v) is 14.8. The fourth-order valence-electron chi connectivity index (χ4n) is 6.52. The van der Waals surface area contributed by atoms with Crippen LogP contribution in [0.3, 0.4) is 0 Å². The standard InChI is InChI=1S/C28H56O3Si2/c1-21(20-29)19-23(30-33(10,11)27(3,4)5)15-14-22(2)24-16-17-25-26(31-32(7,8)9)13-12-18-28(24,25)6/h22-26,29H,1,12-20H2,2-11H3/t22-,23?,24-,25?,26?,28-/m1/s1. The first-order valence-corrected chi connectivity index (χ1v) is 19.9. The van der Waals surface area contributed by atoms with Crippen molar-refractivity contribution in [2.24, 2.45) is 23.2 Å². The first kappa shape index (κ1) is 29.3. The second-order valence-corrected chi connectivity index (χ2v) is 23.3. The lowest BCUT2D eigenvalue weighted by Crippen LogP contribution is -2.46. The van der Waals surface area contributed by atoms with Crippen molar-refractivity contribution in [1.82, 2.24) is 0 Å². The van der Waals surface area contributed by atoms with Gasteiger partial charge in [0.25, 0.3) is 0 Å². The molecule has 2 rings (SSSR count). The van der Waals surface area contributed by atoms with Gasteiger partial charge < -0.3 is 14.0 Å². The largest absolute Gasteiger partial charge is 0.414 e. The zero-order valence-corrected chi connectivity index (χ0v) is 25.7. The van der Waals surface area contributed by atoms with E-state index in [0.717, 1.165) is 30.3 Å². The van der Waals surface area contributed by atoms with Crippen LogP contribution in [0, 0.1) is 23.2 Å². The van der Waals surface area contributed by atoms with Crippen molar-refractivity contribution in [3.05, 3.63) is 12.2 Å². The second kappa shape index (κ2) is 11.0. The topological polar surface area (TPSA) is 38.7 Å². The van der Waals surface area contributed by atoms with Crippen molar-refractivity contribution in [2.75, 3.05) is 6.61 Å². The molecule has 5 heteroatoms. The van der Waals surface area contributed by atoms with Crippen molar-refractivity contribution in [3.63, 3.8) is 0 Å². The molecule has 0 bridgehead atoms. The molecular formula is C28H56O3Si2. The van der Waals surface area contributed by atoms with E-state index in [4.69, 9.17) is 8.85 Å². The van der Waals surface area contributed by atoms with Gasteiger partial charge in [-0.25, -0.2) is 0 Å². The third-order valence-electron chi connectivity index (χ3n) is 9.28. The normalized spacial score (nSPS) is 30.7. The molecule has 0 spiro atoms. The Morgan fingerprint density at radius 2 is 1.73 bits per heavy atom. The van der Waals surface area contributed by atoms with E-state index in [-0.39, 0.29) is 17.7 Å². The molecule has 194 valence electrons. The number of hydrogen-bond donors (Lipinski definition) is 1. The summed E-state index contributed by atoms with van der Waals surface area (Å²) in [5.74, 6) is 2.21. The number of aliphatic hydroxyl groups is 1. The van der Waals surface area contributed by atoms with Gasteiger partial charge in [-0.3, -0.25) is 0 Å². The van der Waals surface area contributed by atoms with Gasteiger partial charge >= 0.3 is 0 Å². The minimum absolute atomic E-state index is 0.0633. The van der Waals surface area contributed by atoms with E-state index in [0.29, 0.717) is 17.4 Å². The molecule has 0 heterocycles. The maximum absolute atomic E-state index is 9.61. The van der Waals surface area contributed by atoms with Crippen molar-refractivity contribution in [1.29, 1.82) is 0 Å². The van der Waals surface area contributed by atoms with Crippen LogP contribution in [0.15, 0.2) is 12.2 Å². The lowest BCUT2D eigenvalue weighted by atomic mass is 9.61. The fraction of sp³-hybridized carbons (Fsp3) is 0.929. The number of fused-ring (bicyclic) bond motifs is 1. The summed E-state index contributed by atoms with van der Waals surface area (Å²) in [7, 11) is -3.38. The quantitative estimate of drug-likeness (QED) is 0.231. The van der Waals surface area contributed by atoms with Crippen molar-refractivity contribution in [2.45, 2.75) is 136 Å². The van der Waals surface area contributed by atoms with Crippen molar-refractivity contribution >= 4 is 16.6 Å². The molecule has 2 fully saturated rings. The Morgan fingerprint density at radius 3 is 2.27 bits per heavy atom. The first-order chi connectivity index (χ1) is 15.0. The van der Waals surface area contributed by atoms with E-state index >= 15 is 0 Å². The summed E-state index contributed by atoms with van der Waals surface area (Å²) >= 11 is 0. The Balaban J connectivity index is 2.07. The van der Waals surface area contributed by atoms with Crippen LogP contribution >= 0.6 is 0 Å². The van der Waals surface area contributed by atoms with Crippen LogP contribution in [-0.2, 0) is 8.85 Å². The molecule has 2 saturated carbocycles. The van der Waals surface area contributed by atoms with Crippen molar-refractivity contribution < 1.29 is 14.0 Å². The SMILES string of the molecule is C=C(CO)CC(CC[C@@H](C)[C@H]1CCC2C(O[Si](C)(C)C)CCC[C@@]21C)O[Si](C)(C)C(C)(C)C. The van der Waals surface area contributed by atoms with E-state index in [1.54, 1.807) is 0 Å². The second-order valence-electron chi connectivity index (χ2n) is 14.1. The molecule has 2 aliphatic carbocycles. The van der Waals surface area contributed by atoms with Crippen LogP contribution in [-0.4, -0.2) is 40.6 Å². The van der Waals surface area contributed by atoms with Gasteiger partial charge in [-0.15, -0.1) is 0 Å². The molecule has 1 N–H and O–H groups in total. The molecule has 0 amide bonds. The lowest BCUT2D eigenvalue weighted by molar-refractivity contribution is -0.0196. The highest BCUT2D eigenvalue weighted by Crippen LogP contribution is 2.59. The van der Waals surface area contributed by atoms with Gasteiger partial charge in [0.05, 0.1) is 6.61 Å². The van der Waals surface area contributed by atoms with Crippen LogP contribution in [0.4, 0.5) is 0 Å². The maximum atomic E-state index is 9.61. The highest BCUT2D eigenvalue weighted by Gasteiger charge is 2.53. The molecule has 0 aromatic rings. The predicted octanol–water partition coefficient (Wildman–Crippen LogP) is 8.17. The summed E-state index contributed by atoms with van der Waals surface area (Å²) in [4.78, 5) is 0. The first-order valence-electron chi connectivity index (χ1n) is 13.6. The maximum Gasteiger partial charge on any atom is 0.192 e. The number of rotatable bonds is 11. The van der Waals surface area contributed by atoms with Crippen LogP contribution in [0.2, 0.25) is 37.8 Å². The van der Waals surface area contributed by atoms with Gasteiger partial charge in [0.2, 0.25) is 0 Å². The van der Waals surface area contributed by atoms with E-state index < -0.39 is 16.6 Å². The summed E-state index contributed by atoms with van der Waals surface area (Å²) in [6.07, 6.45) is 10.3. The highest BCUT2D eigenvalue weighted by molar-refractivity contribution is 6.74. The zero-order chi connectivity index (χ0) is 25.2. The average Bonchev–Trinajstić information content (AvgIpc) is 3.01. The van der Waals surface area contributed by atoms with E-state index in [1.165, 1.54) is 38.5 Å². The fourth-order valence-corrected chi connectivity index (χ4v) is 9.10. The Kier molecular flexibility index (Phi) is 9.75. The summed E-state index contributed by atoms with van der Waals surface area (Å²) in [6, 6.07) is 0. The zero-order valence-electron chi connectivity index (χ0n) is 23.7. The van der Waals surface area contributed by atoms with Crippen LogP contribution in [0.1, 0.15) is 86.0 Å². The molecule has 6 atom stereocenters. The summed E-state index contributed by atoms with van der Waals surface area (Å²) in [5.41, 5.74) is 1.32. The van der Waals surface area contributed by atoms with Crippen molar-refractivity contribution in [3.8, 4) is 0 Å². The van der Waals surface area contributed by atoms with Gasteiger partial charge in [0.1, 0.15) is 0 Å². The molecule has 0 saturated heterocycles. The van der Waals surface area contributed by atoms with Gasteiger partial charge in [0.15, 0.2) is 16.6 Å². The molecule has 33 heavy (non-hydrogen) atoms. The van der Waals surface area contributed by atoms with Gasteiger partial charge in [-0.1, -0.05) is 47.6 Å². The predicted molar refractivity (Wildman–Crippen MR) is 148 cm³/mol. The van der Waals surface area contributed by atoms with E-state index in [2.05, 4.69) is 73.9 Å². The monoisotopic (exact) mass is 496 g/mol. The lowest BCUT2D eigenvalue weighted by Gasteiger charge is -2.48. The van der Waals surface area contributed by atoms with Gasteiger partial charge in [0, 0.05) is 12.2 Å². The Morgan fingerprint density at radius 1 is 1.09 bits per heavy atom. The summed E-state index contributed by atoms with van der Waals surface area (Å²) in [6.45, 7) is 27.9. The molecule has 0 aromatic heterocycles. The number of aliphatic hydroxyl groups excluding tert-OH is 1. The Hall–Kier alpha value is 0.0538. The van der Waals surface area contributed by atoms with Gasteiger partial charge in [-0.2, -0.15) is 0 Å². The molecule has 2 aliphatic rings. The molecule has 0 aliphatic heterocycles. The van der Waals surface area contributed by atoms with Gasteiger partial charge in [-0.05, 0) is 111 Å². The minimum atomic E-state index is -1.86. The van der Waals surface area contributed by atoms with Crippen LogP contribution in [0.5, 0.6) is 0 Å². The molecule has 0 radical (unpaired) electrons. The van der Waals surface area contributed by atoms with E-state index in [9.17, 15) is 5.11 Å². The third kappa shape index (κ3) is 7.52.